The van der Waals surface area contributed by atoms with E-state index in [0.717, 1.165) is 16.2 Å². The van der Waals surface area contributed by atoms with Gasteiger partial charge in [-0.2, -0.15) is 0 Å². The van der Waals surface area contributed by atoms with Crippen LogP contribution in [0, 0.1) is 16.2 Å². The molecule has 0 heteroatoms. The molecular formula is C13H20. The molecule has 0 radical (unpaired) electrons. The van der Waals surface area contributed by atoms with Crippen LogP contribution in [0.5, 0.6) is 0 Å². The zero-order valence-electron chi connectivity index (χ0n) is 8.57. The smallest absolute Gasteiger partial charge is 0.0184 e. The van der Waals surface area contributed by atoms with E-state index in [1.807, 2.05) is 0 Å². The average molecular weight is 176 g/mol. The summed E-state index contributed by atoms with van der Waals surface area (Å²) in [6.45, 7) is 0. The second-order valence-electron chi connectivity index (χ2n) is 6.35. The van der Waals surface area contributed by atoms with Crippen LogP contribution in [0.25, 0.3) is 0 Å². The van der Waals surface area contributed by atoms with Crippen molar-refractivity contribution in [3.05, 3.63) is 0 Å². The minimum Gasteiger partial charge on any atom is -0.0522 e. The third-order valence-corrected chi connectivity index (χ3v) is 6.71. The molecule has 0 unspecified atom stereocenters. The van der Waals surface area contributed by atoms with Crippen molar-refractivity contribution < 1.29 is 0 Å². The predicted molar refractivity (Wildman–Crippen MR) is 53.5 cm³/mol. The van der Waals surface area contributed by atoms with Crippen LogP contribution in [-0.4, -0.2) is 0 Å². The van der Waals surface area contributed by atoms with E-state index in [2.05, 4.69) is 0 Å². The van der Waals surface area contributed by atoms with Crippen molar-refractivity contribution in [2.75, 3.05) is 0 Å². The summed E-state index contributed by atoms with van der Waals surface area (Å²) in [4.78, 5) is 0. The maximum atomic E-state index is 1.62. The quantitative estimate of drug-likeness (QED) is 0.525. The van der Waals surface area contributed by atoms with E-state index in [1.165, 1.54) is 0 Å². The molecule has 4 rings (SSSR count). The average Bonchev–Trinajstić information content (AvgIpc) is 1.74. The van der Waals surface area contributed by atoms with Gasteiger partial charge in [-0.05, 0) is 67.6 Å². The summed E-state index contributed by atoms with van der Waals surface area (Å²) in [5.74, 6) is 0. The lowest BCUT2D eigenvalue weighted by Gasteiger charge is -2.80. The fraction of sp³-hybridized carbons (Fsp3) is 1.00. The molecule has 0 aromatic carbocycles. The van der Waals surface area contributed by atoms with Crippen LogP contribution in [-0.2, 0) is 0 Å². The topological polar surface area (TPSA) is 0 Å². The molecule has 0 aromatic heterocycles. The Labute approximate surface area is 81.1 Å². The molecule has 0 N–H and O–H groups in total. The van der Waals surface area contributed by atoms with E-state index < -0.39 is 0 Å². The molecule has 0 amide bonds. The van der Waals surface area contributed by atoms with Crippen LogP contribution in [0.1, 0.15) is 64.2 Å². The summed E-state index contributed by atoms with van der Waals surface area (Å²) in [7, 11) is 0. The van der Waals surface area contributed by atoms with Crippen LogP contribution < -0.4 is 0 Å². The number of fused-ring (bicyclic) bond motifs is 2. The van der Waals surface area contributed by atoms with Crippen LogP contribution >= 0.6 is 0 Å². The van der Waals surface area contributed by atoms with E-state index in [0.29, 0.717) is 0 Å². The summed E-state index contributed by atoms with van der Waals surface area (Å²) >= 11 is 0. The van der Waals surface area contributed by atoms with Gasteiger partial charge in [0.25, 0.3) is 0 Å². The molecule has 3 spiro atoms. The van der Waals surface area contributed by atoms with Gasteiger partial charge in [-0.1, -0.05) is 12.8 Å². The van der Waals surface area contributed by atoms with Gasteiger partial charge in [0.05, 0.1) is 0 Å². The van der Waals surface area contributed by atoms with E-state index in [9.17, 15) is 0 Å². The van der Waals surface area contributed by atoms with Gasteiger partial charge in [-0.15, -0.1) is 0 Å². The highest BCUT2D eigenvalue weighted by Crippen LogP contribution is 2.84. The molecule has 13 heavy (non-hydrogen) atoms. The van der Waals surface area contributed by atoms with Gasteiger partial charge in [0.2, 0.25) is 0 Å². The highest BCUT2D eigenvalue weighted by molar-refractivity contribution is 5.24. The van der Waals surface area contributed by atoms with E-state index in [1.54, 1.807) is 64.2 Å². The van der Waals surface area contributed by atoms with Gasteiger partial charge < -0.3 is 0 Å². The van der Waals surface area contributed by atoms with Crippen LogP contribution in [0.15, 0.2) is 0 Å². The SMILES string of the molecule is C1CC2(C1)CCC21CCC12CCC2. The fourth-order valence-corrected chi connectivity index (χ4v) is 5.44. The molecule has 0 bridgehead atoms. The first-order chi connectivity index (χ1) is 6.33. The fourth-order valence-electron chi connectivity index (χ4n) is 5.44. The first-order valence-electron chi connectivity index (χ1n) is 6.33. The largest absolute Gasteiger partial charge is 0.0522 e. The van der Waals surface area contributed by atoms with Crippen LogP contribution in [0.2, 0.25) is 0 Å². The second kappa shape index (κ2) is 1.85. The molecule has 4 aliphatic carbocycles. The van der Waals surface area contributed by atoms with Gasteiger partial charge >= 0.3 is 0 Å². The third-order valence-electron chi connectivity index (χ3n) is 6.71. The molecule has 4 saturated carbocycles. The van der Waals surface area contributed by atoms with Gasteiger partial charge in [0.1, 0.15) is 0 Å². The lowest BCUT2D eigenvalue weighted by Crippen LogP contribution is -2.70. The van der Waals surface area contributed by atoms with Gasteiger partial charge in [-0.25, -0.2) is 0 Å². The van der Waals surface area contributed by atoms with Gasteiger partial charge in [-0.3, -0.25) is 0 Å². The Hall–Kier alpha value is 0. The maximum Gasteiger partial charge on any atom is -0.0184 e. The number of hydrogen-bond donors (Lipinski definition) is 0. The van der Waals surface area contributed by atoms with Crippen molar-refractivity contribution in [3.63, 3.8) is 0 Å². The first kappa shape index (κ1) is 7.31. The monoisotopic (exact) mass is 176 g/mol. The van der Waals surface area contributed by atoms with Crippen molar-refractivity contribution in [1.82, 2.24) is 0 Å². The highest BCUT2D eigenvalue weighted by Gasteiger charge is 2.74. The van der Waals surface area contributed by atoms with Crippen LogP contribution in [0.4, 0.5) is 0 Å². The maximum absolute atomic E-state index is 1.62. The second-order valence-corrected chi connectivity index (χ2v) is 6.35. The summed E-state index contributed by atoms with van der Waals surface area (Å²) in [5, 5.41) is 0. The molecule has 4 aliphatic rings. The normalized spacial score (nSPS) is 40.6. The van der Waals surface area contributed by atoms with Crippen molar-refractivity contribution in [2.45, 2.75) is 64.2 Å². The Kier molecular flexibility index (Phi) is 1.04. The van der Waals surface area contributed by atoms with E-state index in [4.69, 9.17) is 0 Å². The minimum atomic E-state index is 0.922. The summed E-state index contributed by atoms with van der Waals surface area (Å²) in [6.07, 6.45) is 16.0. The number of rotatable bonds is 0. The highest BCUT2D eigenvalue weighted by atomic mass is 14.8. The molecule has 0 atom stereocenters. The summed E-state index contributed by atoms with van der Waals surface area (Å²) in [6, 6.07) is 0. The standard InChI is InChI=1S/C13H20/c1-3-11(4-1)7-9-13(11)10-8-12(13)5-2-6-12/h1-10H2. The van der Waals surface area contributed by atoms with Crippen molar-refractivity contribution in [3.8, 4) is 0 Å². The lowest BCUT2D eigenvalue weighted by atomic mass is 9.25. The van der Waals surface area contributed by atoms with Crippen molar-refractivity contribution in [2.24, 2.45) is 16.2 Å². The van der Waals surface area contributed by atoms with Gasteiger partial charge in [0, 0.05) is 0 Å². The Balaban J connectivity index is 1.71. The Bertz CT molecular complexity index is 216. The predicted octanol–water partition coefficient (Wildman–Crippen LogP) is 3.90. The molecule has 4 fully saturated rings. The molecular weight excluding hydrogens is 156 g/mol. The van der Waals surface area contributed by atoms with E-state index in [-0.39, 0.29) is 0 Å². The minimum absolute atomic E-state index is 0.922. The molecule has 0 aromatic rings. The third kappa shape index (κ3) is 0.521. The van der Waals surface area contributed by atoms with Gasteiger partial charge in [0.15, 0.2) is 0 Å². The molecule has 0 saturated heterocycles. The van der Waals surface area contributed by atoms with Crippen LogP contribution in [0.3, 0.4) is 0 Å². The van der Waals surface area contributed by atoms with Crippen molar-refractivity contribution in [1.29, 1.82) is 0 Å². The molecule has 72 valence electrons. The Morgan fingerprint density at radius 1 is 0.462 bits per heavy atom. The molecule has 0 nitrogen and oxygen atoms in total. The molecule has 0 aliphatic heterocycles. The zero-order chi connectivity index (χ0) is 8.57. The number of hydrogen-bond acceptors (Lipinski definition) is 0. The Morgan fingerprint density at radius 2 is 0.923 bits per heavy atom. The molecule has 0 heterocycles. The summed E-state index contributed by atoms with van der Waals surface area (Å²) in [5.41, 5.74) is 2.77. The van der Waals surface area contributed by atoms with E-state index >= 15 is 0 Å². The Morgan fingerprint density at radius 3 is 1.08 bits per heavy atom. The summed E-state index contributed by atoms with van der Waals surface area (Å²) < 4.78 is 0. The zero-order valence-corrected chi connectivity index (χ0v) is 8.57. The first-order valence-corrected chi connectivity index (χ1v) is 6.33. The lowest BCUT2D eigenvalue weighted by molar-refractivity contribution is -0.300. The van der Waals surface area contributed by atoms with Crippen molar-refractivity contribution >= 4 is 0 Å².